The van der Waals surface area contributed by atoms with Crippen molar-refractivity contribution < 1.29 is 9.26 Å². The number of nitrogens with two attached hydrogens (primary N) is 1. The molecule has 1 aromatic carbocycles. The number of hydrogen-bond acceptors (Lipinski definition) is 5. The minimum absolute atomic E-state index is 0.221. The predicted octanol–water partition coefficient (Wildman–Crippen LogP) is 2.81. The molecule has 0 fully saturated rings. The van der Waals surface area contributed by atoms with Crippen LogP contribution in [0.4, 0.5) is 0 Å². The lowest BCUT2D eigenvalue weighted by molar-refractivity contribution is 0.400. The monoisotopic (exact) mass is 267 g/mol. The highest BCUT2D eigenvalue weighted by Crippen LogP contribution is 2.31. The summed E-state index contributed by atoms with van der Waals surface area (Å²) < 4.78 is 10.4. The molecular weight excluding hydrogens is 254 g/mol. The van der Waals surface area contributed by atoms with Crippen molar-refractivity contribution in [3.63, 3.8) is 0 Å². The zero-order chi connectivity index (χ0) is 13.1. The summed E-state index contributed by atoms with van der Waals surface area (Å²) in [6, 6.07) is 4.99. The van der Waals surface area contributed by atoms with E-state index in [1.54, 1.807) is 25.3 Å². The Morgan fingerprint density at radius 2 is 2.28 bits per heavy atom. The van der Waals surface area contributed by atoms with Crippen LogP contribution in [-0.4, -0.2) is 17.3 Å². The summed E-state index contributed by atoms with van der Waals surface area (Å²) in [6.45, 7) is 1.96. The fourth-order valence-corrected chi connectivity index (χ4v) is 1.68. The fourth-order valence-electron chi connectivity index (χ4n) is 1.52. The highest BCUT2D eigenvalue weighted by atomic mass is 35.5. The summed E-state index contributed by atoms with van der Waals surface area (Å²) in [5.74, 6) is 1.45. The van der Waals surface area contributed by atoms with Crippen LogP contribution in [0, 0.1) is 0 Å². The Labute approximate surface area is 110 Å². The minimum Gasteiger partial charge on any atom is -0.496 e. The highest BCUT2D eigenvalue weighted by Gasteiger charge is 2.16. The SMILES string of the molecule is CCC(N)c1noc(-c2ccc(Cl)cc2OC)n1. The van der Waals surface area contributed by atoms with Gasteiger partial charge in [0.2, 0.25) is 0 Å². The fraction of sp³-hybridized carbons (Fsp3) is 0.333. The van der Waals surface area contributed by atoms with Gasteiger partial charge in [-0.15, -0.1) is 0 Å². The van der Waals surface area contributed by atoms with Crippen LogP contribution in [-0.2, 0) is 0 Å². The number of methoxy groups -OCH3 is 1. The lowest BCUT2D eigenvalue weighted by Crippen LogP contribution is -2.10. The number of nitrogens with zero attached hydrogens (tertiary/aromatic N) is 2. The molecule has 2 aromatic rings. The molecule has 0 bridgehead atoms. The van der Waals surface area contributed by atoms with Gasteiger partial charge in [0.15, 0.2) is 5.82 Å². The van der Waals surface area contributed by atoms with Crippen LogP contribution in [0.2, 0.25) is 5.02 Å². The van der Waals surface area contributed by atoms with Crippen molar-refractivity contribution >= 4 is 11.6 Å². The van der Waals surface area contributed by atoms with Crippen molar-refractivity contribution in [2.24, 2.45) is 5.73 Å². The van der Waals surface area contributed by atoms with Crippen LogP contribution in [0.3, 0.4) is 0 Å². The van der Waals surface area contributed by atoms with Gasteiger partial charge in [-0.05, 0) is 24.6 Å². The number of rotatable bonds is 4. The van der Waals surface area contributed by atoms with Gasteiger partial charge in [0.1, 0.15) is 5.75 Å². The first kappa shape index (κ1) is 12.9. The predicted molar refractivity (Wildman–Crippen MR) is 68.5 cm³/mol. The van der Waals surface area contributed by atoms with Crippen LogP contribution < -0.4 is 10.5 Å². The molecule has 5 nitrogen and oxygen atoms in total. The van der Waals surface area contributed by atoms with Gasteiger partial charge in [0.05, 0.1) is 18.7 Å². The van der Waals surface area contributed by atoms with Crippen LogP contribution in [0.25, 0.3) is 11.5 Å². The molecule has 1 heterocycles. The van der Waals surface area contributed by atoms with E-state index in [4.69, 9.17) is 26.6 Å². The smallest absolute Gasteiger partial charge is 0.261 e. The van der Waals surface area contributed by atoms with Crippen molar-refractivity contribution in [1.29, 1.82) is 0 Å². The molecule has 0 aliphatic carbocycles. The summed E-state index contributed by atoms with van der Waals surface area (Å²) in [6.07, 6.45) is 0.747. The van der Waals surface area contributed by atoms with Gasteiger partial charge in [-0.1, -0.05) is 23.7 Å². The quantitative estimate of drug-likeness (QED) is 0.922. The number of hydrogen-bond donors (Lipinski definition) is 1. The molecular formula is C12H14ClN3O2. The minimum atomic E-state index is -0.221. The number of aromatic nitrogens is 2. The number of halogens is 1. The largest absolute Gasteiger partial charge is 0.496 e. The van der Waals surface area contributed by atoms with Crippen LogP contribution in [0.1, 0.15) is 25.2 Å². The van der Waals surface area contributed by atoms with E-state index >= 15 is 0 Å². The van der Waals surface area contributed by atoms with E-state index in [2.05, 4.69) is 10.1 Å². The van der Waals surface area contributed by atoms with Gasteiger partial charge in [-0.3, -0.25) is 0 Å². The Bertz CT molecular complexity index is 542. The summed E-state index contributed by atoms with van der Waals surface area (Å²) in [5, 5.41) is 4.45. The third-order valence-corrected chi connectivity index (χ3v) is 2.84. The molecule has 96 valence electrons. The maximum absolute atomic E-state index is 5.89. The molecule has 6 heteroatoms. The second kappa shape index (κ2) is 5.37. The molecule has 1 aromatic heterocycles. The second-order valence-electron chi connectivity index (χ2n) is 3.82. The first-order chi connectivity index (χ1) is 8.65. The van der Waals surface area contributed by atoms with Gasteiger partial charge < -0.3 is 15.0 Å². The van der Waals surface area contributed by atoms with Crippen molar-refractivity contribution in [3.8, 4) is 17.2 Å². The molecule has 2 N–H and O–H groups in total. The van der Waals surface area contributed by atoms with Crippen LogP contribution in [0.5, 0.6) is 5.75 Å². The van der Waals surface area contributed by atoms with Crippen LogP contribution >= 0.6 is 11.6 Å². The molecule has 1 atom stereocenters. The molecule has 0 aliphatic heterocycles. The van der Waals surface area contributed by atoms with Gasteiger partial charge in [-0.2, -0.15) is 4.98 Å². The Kier molecular flexibility index (Phi) is 3.84. The lowest BCUT2D eigenvalue weighted by atomic mass is 10.2. The van der Waals surface area contributed by atoms with Gasteiger partial charge in [0.25, 0.3) is 5.89 Å². The average molecular weight is 268 g/mol. The van der Waals surface area contributed by atoms with Gasteiger partial charge in [-0.25, -0.2) is 0 Å². The number of ether oxygens (including phenoxy) is 1. The highest BCUT2D eigenvalue weighted by molar-refractivity contribution is 6.30. The number of benzene rings is 1. The Hall–Kier alpha value is -1.59. The second-order valence-corrected chi connectivity index (χ2v) is 4.25. The third kappa shape index (κ3) is 2.47. The standard InChI is InChI=1S/C12H14ClN3O2/c1-3-9(14)11-15-12(18-16-11)8-5-4-7(13)6-10(8)17-2/h4-6,9H,3,14H2,1-2H3. The Morgan fingerprint density at radius 1 is 1.50 bits per heavy atom. The Balaban J connectivity index is 2.39. The summed E-state index contributed by atoms with van der Waals surface area (Å²) >= 11 is 5.89. The summed E-state index contributed by atoms with van der Waals surface area (Å²) in [4.78, 5) is 4.26. The normalized spacial score (nSPS) is 12.4. The van der Waals surface area contributed by atoms with Crippen molar-refractivity contribution in [2.45, 2.75) is 19.4 Å². The molecule has 0 radical (unpaired) electrons. The molecule has 2 rings (SSSR count). The van der Waals surface area contributed by atoms with E-state index in [1.807, 2.05) is 6.92 Å². The molecule has 18 heavy (non-hydrogen) atoms. The van der Waals surface area contributed by atoms with Crippen LogP contribution in [0.15, 0.2) is 22.7 Å². The van der Waals surface area contributed by atoms with E-state index in [1.165, 1.54) is 0 Å². The topological polar surface area (TPSA) is 74.2 Å². The molecule has 0 spiro atoms. The van der Waals surface area contributed by atoms with E-state index in [9.17, 15) is 0 Å². The summed E-state index contributed by atoms with van der Waals surface area (Å²) in [5.41, 5.74) is 6.54. The van der Waals surface area contributed by atoms with E-state index in [-0.39, 0.29) is 6.04 Å². The first-order valence-electron chi connectivity index (χ1n) is 5.58. The van der Waals surface area contributed by atoms with E-state index in [0.717, 1.165) is 6.42 Å². The average Bonchev–Trinajstić information content (AvgIpc) is 2.87. The Morgan fingerprint density at radius 3 is 2.94 bits per heavy atom. The molecule has 0 aliphatic rings. The lowest BCUT2D eigenvalue weighted by Gasteiger charge is -2.04. The third-order valence-electron chi connectivity index (χ3n) is 2.61. The first-order valence-corrected chi connectivity index (χ1v) is 5.96. The van der Waals surface area contributed by atoms with Crippen molar-refractivity contribution in [2.75, 3.05) is 7.11 Å². The van der Waals surface area contributed by atoms with Gasteiger partial charge in [0, 0.05) is 5.02 Å². The van der Waals surface area contributed by atoms with E-state index in [0.29, 0.717) is 28.1 Å². The zero-order valence-electron chi connectivity index (χ0n) is 10.2. The van der Waals surface area contributed by atoms with Gasteiger partial charge >= 0.3 is 0 Å². The molecule has 0 saturated carbocycles. The molecule has 0 saturated heterocycles. The van der Waals surface area contributed by atoms with Crippen molar-refractivity contribution in [1.82, 2.24) is 10.1 Å². The molecule has 0 amide bonds. The van der Waals surface area contributed by atoms with Crippen molar-refractivity contribution in [3.05, 3.63) is 29.0 Å². The summed E-state index contributed by atoms with van der Waals surface area (Å²) in [7, 11) is 1.56. The zero-order valence-corrected chi connectivity index (χ0v) is 10.9. The maximum Gasteiger partial charge on any atom is 0.261 e. The maximum atomic E-state index is 5.89. The molecule has 1 unspecified atom stereocenters. The van der Waals surface area contributed by atoms with E-state index < -0.39 is 0 Å².